The Balaban J connectivity index is 1.65. The SMILES string of the molecule is CCN1CCCC(c2cc(OC3CC3)c(Nc3ncc(Cl)c(NC(C=NC)=C(N)S(=O)(=O)C(C)C)n3)cc2C)C1. The Morgan fingerprint density at radius 2 is 2.08 bits per heavy atom. The monoisotopic (exact) mass is 589 g/mol. The number of hydrogen-bond acceptors (Lipinski definition) is 10. The molecule has 4 rings (SSSR count). The molecule has 1 saturated carbocycles. The molecule has 1 atom stereocenters. The molecule has 1 aromatic heterocycles. The first-order valence-electron chi connectivity index (χ1n) is 13.8. The maximum Gasteiger partial charge on any atom is 0.229 e. The van der Waals surface area contributed by atoms with E-state index in [-0.39, 0.29) is 33.6 Å². The predicted octanol–water partition coefficient (Wildman–Crippen LogP) is 4.99. The highest BCUT2D eigenvalue weighted by molar-refractivity contribution is 7.95. The van der Waals surface area contributed by atoms with Crippen molar-refractivity contribution in [3.05, 3.63) is 45.2 Å². The molecular formula is C28H40ClN7O3S. The van der Waals surface area contributed by atoms with E-state index in [1.54, 1.807) is 13.8 Å². The van der Waals surface area contributed by atoms with Gasteiger partial charge in [0, 0.05) is 19.8 Å². The lowest BCUT2D eigenvalue weighted by molar-refractivity contribution is 0.217. The van der Waals surface area contributed by atoms with Crippen LogP contribution in [0.15, 0.2) is 34.0 Å². The molecule has 0 amide bonds. The molecule has 2 aromatic rings. The van der Waals surface area contributed by atoms with Crippen LogP contribution in [0, 0.1) is 6.92 Å². The van der Waals surface area contributed by atoms with Crippen molar-refractivity contribution in [3.8, 4) is 5.75 Å². The molecule has 1 unspecified atom stereocenters. The van der Waals surface area contributed by atoms with E-state index in [4.69, 9.17) is 22.1 Å². The molecule has 0 bridgehead atoms. The van der Waals surface area contributed by atoms with Crippen LogP contribution in [-0.2, 0) is 9.84 Å². The maximum atomic E-state index is 12.7. The number of piperidine rings is 1. The number of sulfone groups is 1. The van der Waals surface area contributed by atoms with E-state index in [2.05, 4.69) is 56.5 Å². The van der Waals surface area contributed by atoms with Crippen molar-refractivity contribution in [1.29, 1.82) is 0 Å². The number of aryl methyl sites for hydroxylation is 1. The second-order valence-electron chi connectivity index (χ2n) is 10.7. The number of aliphatic imine (C=N–C) groups is 1. The van der Waals surface area contributed by atoms with Gasteiger partial charge in [-0.05, 0) is 88.7 Å². The summed E-state index contributed by atoms with van der Waals surface area (Å²) in [5.74, 6) is 1.70. The van der Waals surface area contributed by atoms with Crippen LogP contribution in [-0.4, -0.2) is 67.5 Å². The average molecular weight is 590 g/mol. The summed E-state index contributed by atoms with van der Waals surface area (Å²) in [7, 11) is -2.22. The van der Waals surface area contributed by atoms with Crippen molar-refractivity contribution < 1.29 is 13.2 Å². The fraction of sp³-hybridized carbons (Fsp3) is 0.536. The van der Waals surface area contributed by atoms with Crippen molar-refractivity contribution in [3.63, 3.8) is 0 Å². The third-order valence-corrected chi connectivity index (χ3v) is 9.62. The summed E-state index contributed by atoms with van der Waals surface area (Å²) in [6.07, 6.45) is 7.41. The molecule has 1 aromatic carbocycles. The summed E-state index contributed by atoms with van der Waals surface area (Å²) in [4.78, 5) is 15.3. The van der Waals surface area contributed by atoms with Crippen LogP contribution in [0.4, 0.5) is 17.5 Å². The Morgan fingerprint density at radius 3 is 2.73 bits per heavy atom. The Bertz CT molecular complexity index is 1390. The molecule has 1 saturated heterocycles. The number of ether oxygens (including phenoxy) is 1. The average Bonchev–Trinajstić information content (AvgIpc) is 3.75. The topological polar surface area (TPSA) is 135 Å². The number of rotatable bonds is 11. The zero-order valence-electron chi connectivity index (χ0n) is 23.9. The summed E-state index contributed by atoms with van der Waals surface area (Å²) in [5, 5.41) is 5.37. The van der Waals surface area contributed by atoms with E-state index in [0.717, 1.165) is 50.3 Å². The van der Waals surface area contributed by atoms with Gasteiger partial charge in [0.25, 0.3) is 0 Å². The van der Waals surface area contributed by atoms with E-state index in [0.29, 0.717) is 5.92 Å². The lowest BCUT2D eigenvalue weighted by Crippen LogP contribution is -2.34. The molecule has 0 spiro atoms. The van der Waals surface area contributed by atoms with E-state index in [9.17, 15) is 8.42 Å². The highest BCUT2D eigenvalue weighted by Gasteiger charge is 2.28. The van der Waals surface area contributed by atoms with E-state index in [1.807, 2.05) is 0 Å². The minimum absolute atomic E-state index is 0.0781. The van der Waals surface area contributed by atoms with E-state index < -0.39 is 15.1 Å². The molecule has 2 aliphatic rings. The van der Waals surface area contributed by atoms with Crippen LogP contribution in [0.3, 0.4) is 0 Å². The number of halogens is 1. The summed E-state index contributed by atoms with van der Waals surface area (Å²) in [6, 6.07) is 4.26. The number of aromatic nitrogens is 2. The number of likely N-dealkylation sites (tertiary alicyclic amines) is 1. The highest BCUT2D eigenvalue weighted by Crippen LogP contribution is 2.39. The van der Waals surface area contributed by atoms with Crippen molar-refractivity contribution in [1.82, 2.24) is 14.9 Å². The molecular weight excluding hydrogens is 550 g/mol. The summed E-state index contributed by atoms with van der Waals surface area (Å²) in [5.41, 5.74) is 9.37. The minimum atomic E-state index is -3.74. The number of nitrogens with zero attached hydrogens (tertiary/aromatic N) is 4. The largest absolute Gasteiger partial charge is 0.488 e. The Kier molecular flexibility index (Phi) is 9.58. The molecule has 2 heterocycles. The fourth-order valence-corrected chi connectivity index (χ4v) is 5.81. The van der Waals surface area contributed by atoms with Crippen LogP contribution in [0.1, 0.15) is 63.5 Å². The standard InChI is InChI=1S/C28H40ClN7O3S/c1-6-36-11-7-8-19(16-36)21-13-25(39-20-9-10-20)23(12-18(21)4)34-28-32-14-22(29)27(35-28)33-24(15-31-5)26(30)40(37,38)17(2)3/h12-15,17,19-20H,6-11,16,30H2,1-5H3,(H2,32,33,34,35). The van der Waals surface area contributed by atoms with Gasteiger partial charge in [-0.15, -0.1) is 0 Å². The number of anilines is 3. The summed E-state index contributed by atoms with van der Waals surface area (Å²) < 4.78 is 31.7. The van der Waals surface area contributed by atoms with E-state index >= 15 is 0 Å². The highest BCUT2D eigenvalue weighted by atomic mass is 35.5. The Morgan fingerprint density at radius 1 is 1.32 bits per heavy atom. The number of allylic oxidation sites excluding steroid dienone is 1. The van der Waals surface area contributed by atoms with Gasteiger partial charge in [-0.1, -0.05) is 18.5 Å². The van der Waals surface area contributed by atoms with Gasteiger partial charge < -0.3 is 26.0 Å². The minimum Gasteiger partial charge on any atom is -0.488 e. The second kappa shape index (κ2) is 12.7. The first-order chi connectivity index (χ1) is 19.0. The lowest BCUT2D eigenvalue weighted by Gasteiger charge is -2.33. The van der Waals surface area contributed by atoms with E-state index in [1.165, 1.54) is 37.0 Å². The molecule has 4 N–H and O–H groups in total. The van der Waals surface area contributed by atoms with Gasteiger partial charge in [-0.25, -0.2) is 13.4 Å². The fourth-order valence-electron chi connectivity index (χ4n) is 4.76. The van der Waals surface area contributed by atoms with Crippen LogP contribution in [0.2, 0.25) is 5.02 Å². The van der Waals surface area contributed by atoms with Crippen molar-refractivity contribution in [2.45, 2.75) is 70.7 Å². The third-order valence-electron chi connectivity index (χ3n) is 7.27. The smallest absolute Gasteiger partial charge is 0.229 e. The zero-order valence-corrected chi connectivity index (χ0v) is 25.4. The molecule has 1 aliphatic carbocycles. The first-order valence-corrected chi connectivity index (χ1v) is 15.7. The van der Waals surface area contributed by atoms with Gasteiger partial charge in [0.05, 0.1) is 28.9 Å². The molecule has 0 radical (unpaired) electrons. The van der Waals surface area contributed by atoms with Crippen LogP contribution in [0.25, 0.3) is 0 Å². The zero-order chi connectivity index (χ0) is 29.0. The number of hydrogen-bond donors (Lipinski definition) is 3. The van der Waals surface area contributed by atoms with Crippen LogP contribution in [0.5, 0.6) is 5.75 Å². The first kappa shape index (κ1) is 30.1. The molecule has 40 heavy (non-hydrogen) atoms. The van der Waals surface area contributed by atoms with Gasteiger partial charge in [0.1, 0.15) is 10.8 Å². The van der Waals surface area contributed by atoms with Gasteiger partial charge in [0.2, 0.25) is 5.95 Å². The summed E-state index contributed by atoms with van der Waals surface area (Å²) >= 11 is 6.39. The summed E-state index contributed by atoms with van der Waals surface area (Å²) in [6.45, 7) is 10.7. The molecule has 218 valence electrons. The number of nitrogens with two attached hydrogens (primary N) is 1. The molecule has 2 fully saturated rings. The number of benzene rings is 1. The Hall–Kier alpha value is -2.89. The molecule has 10 nitrogen and oxygen atoms in total. The third kappa shape index (κ3) is 7.05. The second-order valence-corrected chi connectivity index (χ2v) is 13.5. The number of likely N-dealkylation sites (N-methyl/N-ethyl adjacent to an activating group) is 1. The van der Waals surface area contributed by atoms with Crippen molar-refractivity contribution in [2.24, 2.45) is 10.7 Å². The Labute approximate surface area is 242 Å². The molecule has 12 heteroatoms. The van der Waals surface area contributed by atoms with Gasteiger partial charge >= 0.3 is 0 Å². The van der Waals surface area contributed by atoms with Crippen LogP contribution >= 0.6 is 11.6 Å². The van der Waals surface area contributed by atoms with Gasteiger partial charge in [-0.2, -0.15) is 4.98 Å². The number of nitrogens with one attached hydrogen (secondary N) is 2. The lowest BCUT2D eigenvalue weighted by atomic mass is 9.87. The predicted molar refractivity (Wildman–Crippen MR) is 163 cm³/mol. The van der Waals surface area contributed by atoms with Crippen molar-refractivity contribution in [2.75, 3.05) is 37.3 Å². The van der Waals surface area contributed by atoms with Gasteiger partial charge in [0.15, 0.2) is 20.7 Å². The normalized spacial score (nSPS) is 19.1. The van der Waals surface area contributed by atoms with Crippen molar-refractivity contribution >= 4 is 45.1 Å². The maximum absolute atomic E-state index is 12.7. The van der Waals surface area contributed by atoms with Gasteiger partial charge in [-0.3, -0.25) is 4.99 Å². The van der Waals surface area contributed by atoms with Crippen LogP contribution < -0.4 is 21.1 Å². The quantitative estimate of drug-likeness (QED) is 0.310. The molecule has 1 aliphatic heterocycles.